The molecule has 0 fully saturated rings. The van der Waals surface area contributed by atoms with Crippen LogP contribution in [0.15, 0.2) is 41.2 Å². The summed E-state index contributed by atoms with van der Waals surface area (Å²) in [5.74, 6) is 0. The van der Waals surface area contributed by atoms with Gasteiger partial charge in [-0.1, -0.05) is 24.3 Å². The number of rotatable bonds is 1. The molecule has 0 spiro atoms. The van der Waals surface area contributed by atoms with E-state index in [0.29, 0.717) is 13.1 Å². The Morgan fingerprint density at radius 1 is 1.04 bits per heavy atom. The van der Waals surface area contributed by atoms with Gasteiger partial charge < -0.3 is 10.2 Å². The van der Waals surface area contributed by atoms with E-state index in [2.05, 4.69) is 17.4 Å². The Bertz CT molecular complexity index is 1080. The van der Waals surface area contributed by atoms with Gasteiger partial charge >= 0.3 is 11.7 Å². The number of carbonyl (C=O) groups is 1. The maximum atomic E-state index is 12.8. The van der Waals surface area contributed by atoms with Gasteiger partial charge in [0.05, 0.1) is 11.0 Å². The second-order valence-electron chi connectivity index (χ2n) is 6.93. The Kier molecular flexibility index (Phi) is 3.83. The summed E-state index contributed by atoms with van der Waals surface area (Å²) < 4.78 is 3.22. The number of benzene rings is 2. The van der Waals surface area contributed by atoms with Gasteiger partial charge in [0.2, 0.25) is 0 Å². The lowest BCUT2D eigenvalue weighted by molar-refractivity contribution is 0.206. The van der Waals surface area contributed by atoms with Gasteiger partial charge in [0.15, 0.2) is 0 Å². The minimum Gasteiger partial charge on any atom is -0.320 e. The highest BCUT2D eigenvalue weighted by atomic mass is 16.2. The molecule has 2 amide bonds. The fraction of sp³-hybridized carbons (Fsp3) is 0.300. The number of anilines is 1. The molecule has 3 aromatic rings. The second kappa shape index (κ2) is 6.05. The highest BCUT2D eigenvalue weighted by Crippen LogP contribution is 2.24. The molecule has 2 aromatic carbocycles. The van der Waals surface area contributed by atoms with Gasteiger partial charge in [-0.2, -0.15) is 0 Å². The Balaban J connectivity index is 1.61. The molecule has 1 aromatic heterocycles. The number of imidazole rings is 1. The van der Waals surface area contributed by atoms with Gasteiger partial charge in [-0.3, -0.25) is 9.13 Å². The SMILES string of the molecule is Cc1cc2c(cc1NC(=O)N1CCc3ccccc3C1)n(C)c(=O)n2C. The number of amides is 2. The molecule has 2 heterocycles. The van der Waals surface area contributed by atoms with Crippen LogP contribution in [-0.2, 0) is 27.1 Å². The van der Waals surface area contributed by atoms with Crippen molar-refractivity contribution in [3.63, 3.8) is 0 Å². The van der Waals surface area contributed by atoms with Crippen LogP contribution in [0, 0.1) is 6.92 Å². The molecule has 6 nitrogen and oxygen atoms in total. The van der Waals surface area contributed by atoms with Crippen LogP contribution in [0.4, 0.5) is 10.5 Å². The molecule has 6 heteroatoms. The standard InChI is InChI=1S/C20H22N4O2/c1-13-10-17-18(23(3)20(26)22(17)2)11-16(13)21-19(25)24-9-8-14-6-4-5-7-15(14)12-24/h4-7,10-11H,8-9,12H2,1-3H3,(H,21,25). The monoisotopic (exact) mass is 350 g/mol. The number of hydrogen-bond donors (Lipinski definition) is 1. The van der Waals surface area contributed by atoms with Crippen molar-refractivity contribution < 1.29 is 4.79 Å². The van der Waals surface area contributed by atoms with Gasteiger partial charge in [0.25, 0.3) is 0 Å². The van der Waals surface area contributed by atoms with Gasteiger partial charge in [0.1, 0.15) is 0 Å². The lowest BCUT2D eigenvalue weighted by atomic mass is 10.0. The smallest absolute Gasteiger partial charge is 0.320 e. The lowest BCUT2D eigenvalue weighted by Crippen LogP contribution is -2.39. The number of aromatic nitrogens is 2. The third kappa shape index (κ3) is 2.58. The van der Waals surface area contributed by atoms with Crippen molar-refractivity contribution in [3.05, 3.63) is 63.6 Å². The minimum atomic E-state index is -0.108. The average molecular weight is 350 g/mol. The van der Waals surface area contributed by atoms with Crippen LogP contribution in [0.1, 0.15) is 16.7 Å². The molecule has 1 aliphatic heterocycles. The largest absolute Gasteiger partial charge is 0.328 e. The Hall–Kier alpha value is -3.02. The summed E-state index contributed by atoms with van der Waals surface area (Å²) in [5, 5.41) is 3.02. The summed E-state index contributed by atoms with van der Waals surface area (Å²) in [7, 11) is 3.50. The third-order valence-electron chi connectivity index (χ3n) is 5.28. The summed E-state index contributed by atoms with van der Waals surface area (Å²) in [6, 6.07) is 12.0. The van der Waals surface area contributed by atoms with E-state index in [4.69, 9.17) is 0 Å². The number of nitrogens with zero attached hydrogens (tertiary/aromatic N) is 3. The van der Waals surface area contributed by atoms with Crippen molar-refractivity contribution in [2.24, 2.45) is 14.1 Å². The van der Waals surface area contributed by atoms with Crippen LogP contribution in [0.5, 0.6) is 0 Å². The first-order valence-electron chi connectivity index (χ1n) is 8.74. The van der Waals surface area contributed by atoms with E-state index in [0.717, 1.165) is 28.7 Å². The summed E-state index contributed by atoms with van der Waals surface area (Å²) in [6.07, 6.45) is 0.870. The van der Waals surface area contributed by atoms with Gasteiger partial charge in [-0.25, -0.2) is 9.59 Å². The van der Waals surface area contributed by atoms with Crippen molar-refractivity contribution in [1.29, 1.82) is 0 Å². The quantitative estimate of drug-likeness (QED) is 0.734. The molecule has 4 rings (SSSR count). The lowest BCUT2D eigenvalue weighted by Gasteiger charge is -2.29. The van der Waals surface area contributed by atoms with Gasteiger partial charge in [-0.05, 0) is 42.2 Å². The van der Waals surface area contributed by atoms with E-state index in [1.807, 2.05) is 36.1 Å². The molecule has 26 heavy (non-hydrogen) atoms. The van der Waals surface area contributed by atoms with Crippen molar-refractivity contribution in [3.8, 4) is 0 Å². The van der Waals surface area contributed by atoms with Gasteiger partial charge in [-0.15, -0.1) is 0 Å². The van der Waals surface area contributed by atoms with Crippen LogP contribution < -0.4 is 11.0 Å². The number of aryl methyl sites for hydroxylation is 3. The predicted octanol–water partition coefficient (Wildman–Crippen LogP) is 2.78. The van der Waals surface area contributed by atoms with E-state index >= 15 is 0 Å². The topological polar surface area (TPSA) is 59.3 Å². The fourth-order valence-corrected chi connectivity index (χ4v) is 3.65. The first kappa shape index (κ1) is 16.4. The first-order valence-corrected chi connectivity index (χ1v) is 8.74. The number of fused-ring (bicyclic) bond motifs is 2. The summed E-state index contributed by atoms with van der Waals surface area (Å²) in [6.45, 7) is 3.26. The maximum Gasteiger partial charge on any atom is 0.328 e. The highest BCUT2D eigenvalue weighted by Gasteiger charge is 2.21. The molecular weight excluding hydrogens is 328 g/mol. The molecule has 0 atom stereocenters. The minimum absolute atomic E-state index is 0.0736. The van der Waals surface area contributed by atoms with Crippen LogP contribution in [0.3, 0.4) is 0 Å². The molecular formula is C20H22N4O2. The number of hydrogen-bond acceptors (Lipinski definition) is 2. The summed E-state index contributed by atoms with van der Waals surface area (Å²) >= 11 is 0. The molecule has 1 aliphatic rings. The first-order chi connectivity index (χ1) is 12.5. The molecule has 1 N–H and O–H groups in total. The Labute approximate surface area is 151 Å². The second-order valence-corrected chi connectivity index (χ2v) is 6.93. The van der Waals surface area contributed by atoms with Crippen LogP contribution >= 0.6 is 0 Å². The maximum absolute atomic E-state index is 12.8. The normalized spacial score (nSPS) is 13.7. The number of nitrogens with one attached hydrogen (secondary N) is 1. The van der Waals surface area contributed by atoms with Crippen molar-refractivity contribution >= 4 is 22.8 Å². The molecule has 134 valence electrons. The number of carbonyl (C=O) groups excluding carboxylic acids is 1. The zero-order valence-corrected chi connectivity index (χ0v) is 15.2. The van der Waals surface area contributed by atoms with Crippen LogP contribution in [0.2, 0.25) is 0 Å². The van der Waals surface area contributed by atoms with Crippen molar-refractivity contribution in [2.45, 2.75) is 19.9 Å². The zero-order chi connectivity index (χ0) is 18.4. The molecule has 0 unspecified atom stereocenters. The van der Waals surface area contributed by atoms with E-state index in [-0.39, 0.29) is 11.7 Å². The molecule has 0 radical (unpaired) electrons. The summed E-state index contributed by atoms with van der Waals surface area (Å²) in [4.78, 5) is 26.7. The Morgan fingerprint density at radius 3 is 2.42 bits per heavy atom. The molecule has 0 saturated carbocycles. The predicted molar refractivity (Wildman–Crippen MR) is 102 cm³/mol. The third-order valence-corrected chi connectivity index (χ3v) is 5.28. The average Bonchev–Trinajstić information content (AvgIpc) is 2.85. The van der Waals surface area contributed by atoms with Crippen molar-refractivity contribution in [2.75, 3.05) is 11.9 Å². The van der Waals surface area contributed by atoms with Crippen molar-refractivity contribution in [1.82, 2.24) is 14.0 Å². The molecule has 0 bridgehead atoms. The summed E-state index contributed by atoms with van der Waals surface area (Å²) in [5.41, 5.74) is 5.78. The van der Waals surface area contributed by atoms with Gasteiger partial charge in [0, 0.05) is 32.9 Å². The van der Waals surface area contributed by atoms with Crippen LogP contribution in [-0.4, -0.2) is 26.6 Å². The van der Waals surface area contributed by atoms with E-state index in [9.17, 15) is 9.59 Å². The number of urea groups is 1. The zero-order valence-electron chi connectivity index (χ0n) is 15.2. The Morgan fingerprint density at radius 2 is 1.69 bits per heavy atom. The van der Waals surface area contributed by atoms with E-state index in [1.54, 1.807) is 23.2 Å². The molecule has 0 saturated heterocycles. The highest BCUT2D eigenvalue weighted by molar-refractivity contribution is 5.93. The fourth-order valence-electron chi connectivity index (χ4n) is 3.65. The molecule has 0 aliphatic carbocycles. The van der Waals surface area contributed by atoms with E-state index < -0.39 is 0 Å². The van der Waals surface area contributed by atoms with Crippen LogP contribution in [0.25, 0.3) is 11.0 Å². The van der Waals surface area contributed by atoms with E-state index in [1.165, 1.54) is 11.1 Å².